The molecule has 0 bridgehead atoms. The van der Waals surface area contributed by atoms with Gasteiger partial charge in [0.05, 0.1) is 11.9 Å². The van der Waals surface area contributed by atoms with Crippen molar-refractivity contribution in [3.63, 3.8) is 0 Å². The van der Waals surface area contributed by atoms with Crippen molar-refractivity contribution in [1.82, 2.24) is 4.90 Å². The molecule has 2 atom stereocenters. The number of hydrogen-bond donors (Lipinski definition) is 1. The van der Waals surface area contributed by atoms with Gasteiger partial charge in [-0.15, -0.1) is 0 Å². The first kappa shape index (κ1) is 48.5. The Bertz CT molecular complexity index is 750. The third kappa shape index (κ3) is 38.9. The van der Waals surface area contributed by atoms with E-state index in [9.17, 15) is 5.11 Å². The van der Waals surface area contributed by atoms with E-state index in [1.165, 1.54) is 122 Å². The van der Waals surface area contributed by atoms with Gasteiger partial charge in [-0.25, -0.2) is 0 Å². The summed E-state index contributed by atoms with van der Waals surface area (Å²) in [4.78, 5) is 2.16. The lowest BCUT2D eigenvalue weighted by Crippen LogP contribution is -2.29. The summed E-state index contributed by atoms with van der Waals surface area (Å²) >= 11 is 0. The zero-order valence-corrected chi connectivity index (χ0v) is 33.4. The second-order valence-corrected chi connectivity index (χ2v) is 13.7. The van der Waals surface area contributed by atoms with E-state index in [0.29, 0.717) is 0 Å². The number of allylic oxidation sites excluding steroid dienone is 8. The third-order valence-corrected chi connectivity index (χ3v) is 8.72. The van der Waals surface area contributed by atoms with E-state index < -0.39 is 6.10 Å². The van der Waals surface area contributed by atoms with Crippen molar-refractivity contribution in [3.05, 3.63) is 60.9 Å². The van der Waals surface area contributed by atoms with Gasteiger partial charge in [0.15, 0.2) is 0 Å². The van der Waals surface area contributed by atoms with E-state index in [0.717, 1.165) is 57.2 Å². The molecule has 0 saturated heterocycles. The van der Waals surface area contributed by atoms with Crippen LogP contribution in [0.4, 0.5) is 0 Å². The summed E-state index contributed by atoms with van der Waals surface area (Å²) in [6.45, 7) is 13.6. The molecule has 0 fully saturated rings. The van der Waals surface area contributed by atoms with Crippen molar-refractivity contribution in [2.75, 3.05) is 20.6 Å². The van der Waals surface area contributed by atoms with E-state index in [4.69, 9.17) is 4.74 Å². The molecule has 0 amide bonds. The molecule has 0 aliphatic carbocycles. The SMILES string of the molecule is C=C(CCN(C)C)OC(CCCCCCC/C=C\C/C=C\CCCCC)C(O)CCCCCCC/C=C\C/C=C\CCCCCC.CC. The lowest BCUT2D eigenvalue weighted by Gasteiger charge is -2.26. The zero-order chi connectivity index (χ0) is 35.8. The predicted octanol–water partition coefficient (Wildman–Crippen LogP) is 14.2. The number of unbranched alkanes of at least 4 members (excludes halogenated alkanes) is 17. The summed E-state index contributed by atoms with van der Waals surface area (Å²) in [6, 6.07) is 0. The molecule has 0 aromatic rings. The maximum atomic E-state index is 11.1. The van der Waals surface area contributed by atoms with E-state index in [1.54, 1.807) is 0 Å². The maximum absolute atomic E-state index is 11.1. The van der Waals surface area contributed by atoms with Crippen LogP contribution in [0.3, 0.4) is 0 Å². The van der Waals surface area contributed by atoms with E-state index in [-0.39, 0.29) is 6.10 Å². The first-order chi connectivity index (χ1) is 23.5. The molecule has 0 rings (SSSR count). The number of aliphatic hydroxyl groups is 1. The molecule has 0 heterocycles. The molecule has 0 saturated carbocycles. The monoisotopic (exact) mass is 672 g/mol. The third-order valence-electron chi connectivity index (χ3n) is 8.72. The summed E-state index contributed by atoms with van der Waals surface area (Å²) in [7, 11) is 4.15. The standard InChI is InChI=1S/C43H79NO2.C2H6/c1-6-8-10-12-14-16-18-20-22-24-25-27-29-31-33-35-37-42(45)43(46-41(3)39-40-44(4)5)38-36-34-32-30-28-26-23-21-19-17-15-13-11-9-7-2;1-2/h15-18,21-24,42-43,45H,3,6-14,19-20,25-40H2,1-2,4-5H3;1-2H3/b17-15-,18-16-,23-21-,24-22-;. The molecule has 0 aromatic carbocycles. The largest absolute Gasteiger partial charge is 0.493 e. The molecule has 0 aliphatic rings. The Morgan fingerprint density at radius 2 is 0.938 bits per heavy atom. The summed E-state index contributed by atoms with van der Waals surface area (Å²) in [5.74, 6) is 0.816. The second kappa shape index (κ2) is 41.6. The molecular weight excluding hydrogens is 587 g/mol. The minimum atomic E-state index is -0.399. The second-order valence-electron chi connectivity index (χ2n) is 13.7. The Labute approximate surface area is 302 Å². The van der Waals surface area contributed by atoms with Crippen molar-refractivity contribution < 1.29 is 9.84 Å². The average Bonchev–Trinajstić information content (AvgIpc) is 3.09. The highest BCUT2D eigenvalue weighted by atomic mass is 16.5. The van der Waals surface area contributed by atoms with Gasteiger partial charge < -0.3 is 14.7 Å². The van der Waals surface area contributed by atoms with Crippen molar-refractivity contribution in [2.45, 2.75) is 207 Å². The molecule has 0 spiro atoms. The lowest BCUT2D eigenvalue weighted by atomic mass is 9.99. The summed E-state index contributed by atoms with van der Waals surface area (Å²) < 4.78 is 6.26. The maximum Gasteiger partial charge on any atom is 0.124 e. The van der Waals surface area contributed by atoms with Crippen LogP contribution in [-0.2, 0) is 4.74 Å². The van der Waals surface area contributed by atoms with Crippen LogP contribution < -0.4 is 0 Å². The highest BCUT2D eigenvalue weighted by molar-refractivity contribution is 4.93. The summed E-state index contributed by atoms with van der Waals surface area (Å²) in [5, 5.41) is 11.1. The molecule has 1 N–H and O–H groups in total. The van der Waals surface area contributed by atoms with Gasteiger partial charge in [0.1, 0.15) is 6.10 Å². The van der Waals surface area contributed by atoms with Gasteiger partial charge in [-0.3, -0.25) is 0 Å². The molecule has 48 heavy (non-hydrogen) atoms. The van der Waals surface area contributed by atoms with Gasteiger partial charge in [0.25, 0.3) is 0 Å². The topological polar surface area (TPSA) is 32.7 Å². The Morgan fingerprint density at radius 1 is 0.562 bits per heavy atom. The minimum absolute atomic E-state index is 0.122. The van der Waals surface area contributed by atoms with Crippen LogP contribution in [0.25, 0.3) is 0 Å². The highest BCUT2D eigenvalue weighted by Crippen LogP contribution is 2.21. The Hall–Kier alpha value is -1.58. The summed E-state index contributed by atoms with van der Waals surface area (Å²) in [6.07, 6.45) is 49.3. The fraction of sp³-hybridized carbons (Fsp3) is 0.778. The molecule has 0 radical (unpaired) electrons. The van der Waals surface area contributed by atoms with Crippen molar-refractivity contribution >= 4 is 0 Å². The first-order valence-electron chi connectivity index (χ1n) is 20.8. The zero-order valence-electron chi connectivity index (χ0n) is 33.4. The van der Waals surface area contributed by atoms with Crippen LogP contribution in [0.1, 0.15) is 195 Å². The Kier molecular flexibility index (Phi) is 42.1. The molecular formula is C45H85NO2. The Morgan fingerprint density at radius 3 is 1.40 bits per heavy atom. The van der Waals surface area contributed by atoms with Gasteiger partial charge in [-0.2, -0.15) is 0 Å². The van der Waals surface area contributed by atoms with Crippen LogP contribution >= 0.6 is 0 Å². The molecule has 0 aromatic heterocycles. The van der Waals surface area contributed by atoms with Crippen LogP contribution in [0.2, 0.25) is 0 Å². The number of hydrogen-bond acceptors (Lipinski definition) is 3. The van der Waals surface area contributed by atoms with Crippen LogP contribution in [-0.4, -0.2) is 42.9 Å². The van der Waals surface area contributed by atoms with Crippen molar-refractivity contribution in [3.8, 4) is 0 Å². The van der Waals surface area contributed by atoms with Gasteiger partial charge in [0, 0.05) is 13.0 Å². The van der Waals surface area contributed by atoms with Gasteiger partial charge in [-0.05, 0) is 97.6 Å². The van der Waals surface area contributed by atoms with Crippen LogP contribution in [0.5, 0.6) is 0 Å². The van der Waals surface area contributed by atoms with Gasteiger partial charge >= 0.3 is 0 Å². The number of nitrogens with zero attached hydrogens (tertiary/aromatic N) is 1. The summed E-state index contributed by atoms with van der Waals surface area (Å²) in [5.41, 5.74) is 0. The van der Waals surface area contributed by atoms with Crippen molar-refractivity contribution in [1.29, 1.82) is 0 Å². The van der Waals surface area contributed by atoms with E-state index in [1.807, 2.05) is 13.8 Å². The van der Waals surface area contributed by atoms with Gasteiger partial charge in [-0.1, -0.05) is 160 Å². The lowest BCUT2D eigenvalue weighted by molar-refractivity contribution is -0.0175. The van der Waals surface area contributed by atoms with Crippen LogP contribution in [0.15, 0.2) is 60.9 Å². The smallest absolute Gasteiger partial charge is 0.124 e. The van der Waals surface area contributed by atoms with Crippen molar-refractivity contribution in [2.24, 2.45) is 0 Å². The van der Waals surface area contributed by atoms with E-state index in [2.05, 4.69) is 88.0 Å². The molecule has 2 unspecified atom stereocenters. The fourth-order valence-electron chi connectivity index (χ4n) is 5.64. The predicted molar refractivity (Wildman–Crippen MR) is 218 cm³/mol. The van der Waals surface area contributed by atoms with Gasteiger partial charge in [0.2, 0.25) is 0 Å². The Balaban J connectivity index is 0. The van der Waals surface area contributed by atoms with Crippen LogP contribution in [0, 0.1) is 0 Å². The number of rotatable bonds is 35. The molecule has 3 nitrogen and oxygen atoms in total. The minimum Gasteiger partial charge on any atom is -0.493 e. The normalized spacial score (nSPS) is 13.2. The molecule has 3 heteroatoms. The highest BCUT2D eigenvalue weighted by Gasteiger charge is 2.21. The molecule has 0 aliphatic heterocycles. The van der Waals surface area contributed by atoms with E-state index >= 15 is 0 Å². The fourth-order valence-corrected chi connectivity index (χ4v) is 5.64. The first-order valence-corrected chi connectivity index (χ1v) is 20.8. The quantitative estimate of drug-likeness (QED) is 0.0413. The number of aliphatic hydroxyl groups excluding tert-OH is 1. The average molecular weight is 672 g/mol. The molecule has 282 valence electrons. The number of ether oxygens (including phenoxy) is 1.